The predicted molar refractivity (Wildman–Crippen MR) is 68.7 cm³/mol. The number of nitrogens with one attached hydrogen (secondary N) is 1. The van der Waals surface area contributed by atoms with E-state index in [9.17, 15) is 10.1 Å². The first-order valence-corrected chi connectivity index (χ1v) is 5.55. The van der Waals surface area contributed by atoms with E-state index in [1.54, 1.807) is 23.9 Å². The molecule has 6 nitrogen and oxygen atoms in total. The maximum absolute atomic E-state index is 10.9. The Bertz CT molecular complexity index is 577. The first-order valence-electron chi connectivity index (χ1n) is 5.55. The number of anilines is 1. The molecule has 0 fully saturated rings. The Hall–Kier alpha value is -2.37. The van der Waals surface area contributed by atoms with E-state index in [2.05, 4.69) is 10.4 Å². The van der Waals surface area contributed by atoms with Crippen molar-refractivity contribution in [3.63, 3.8) is 0 Å². The summed E-state index contributed by atoms with van der Waals surface area (Å²) in [7, 11) is 1.67. The highest BCUT2D eigenvalue weighted by Gasteiger charge is 2.13. The van der Waals surface area contributed by atoms with Crippen LogP contribution in [0.5, 0.6) is 0 Å². The Labute approximate surface area is 104 Å². The van der Waals surface area contributed by atoms with Gasteiger partial charge in [0.25, 0.3) is 5.69 Å². The van der Waals surface area contributed by atoms with Crippen LogP contribution in [-0.4, -0.2) is 21.8 Å². The van der Waals surface area contributed by atoms with Crippen LogP contribution in [0.2, 0.25) is 0 Å². The van der Waals surface area contributed by atoms with Crippen molar-refractivity contribution in [2.75, 3.05) is 12.4 Å². The third-order valence-electron chi connectivity index (χ3n) is 2.65. The average Bonchev–Trinajstić information content (AvgIpc) is 2.74. The van der Waals surface area contributed by atoms with Crippen LogP contribution >= 0.6 is 0 Å². The van der Waals surface area contributed by atoms with E-state index < -0.39 is 0 Å². The first-order chi connectivity index (χ1) is 8.60. The van der Waals surface area contributed by atoms with Gasteiger partial charge < -0.3 is 5.32 Å². The van der Waals surface area contributed by atoms with Gasteiger partial charge in [-0.05, 0) is 24.6 Å². The molecular formula is C12H14N4O2. The van der Waals surface area contributed by atoms with Gasteiger partial charge in [0, 0.05) is 19.3 Å². The van der Waals surface area contributed by atoms with Crippen LogP contribution in [0.25, 0.3) is 0 Å². The minimum absolute atomic E-state index is 0.0823. The largest absolute Gasteiger partial charge is 0.383 e. The minimum Gasteiger partial charge on any atom is -0.383 e. The van der Waals surface area contributed by atoms with Gasteiger partial charge in [-0.1, -0.05) is 6.07 Å². The average molecular weight is 246 g/mol. The quantitative estimate of drug-likeness (QED) is 0.663. The summed E-state index contributed by atoms with van der Waals surface area (Å²) >= 11 is 0. The van der Waals surface area contributed by atoms with Crippen LogP contribution in [0, 0.1) is 17.0 Å². The molecule has 18 heavy (non-hydrogen) atoms. The van der Waals surface area contributed by atoms with Crippen molar-refractivity contribution < 1.29 is 4.92 Å². The second-order valence-corrected chi connectivity index (χ2v) is 4.01. The molecular weight excluding hydrogens is 232 g/mol. The summed E-state index contributed by atoms with van der Waals surface area (Å²) < 4.78 is 1.76. The Balaban J connectivity index is 2.29. The van der Waals surface area contributed by atoms with Crippen molar-refractivity contribution in [3.8, 4) is 0 Å². The number of nitro benzene ring substituents is 1. The van der Waals surface area contributed by atoms with Gasteiger partial charge in [0.05, 0.1) is 17.2 Å². The summed E-state index contributed by atoms with van der Waals surface area (Å²) in [6, 6.07) is 7.04. The first kappa shape index (κ1) is 12.1. The van der Waals surface area contributed by atoms with Gasteiger partial charge in [0.15, 0.2) is 0 Å². The van der Waals surface area contributed by atoms with Crippen LogP contribution in [-0.2, 0) is 6.54 Å². The van der Waals surface area contributed by atoms with Gasteiger partial charge in [-0.25, -0.2) is 0 Å². The highest BCUT2D eigenvalue weighted by atomic mass is 16.6. The molecule has 0 bridgehead atoms. The van der Waals surface area contributed by atoms with Crippen molar-refractivity contribution in [3.05, 3.63) is 51.8 Å². The van der Waals surface area contributed by atoms with Crippen LogP contribution in [0.1, 0.15) is 11.3 Å². The van der Waals surface area contributed by atoms with E-state index in [0.29, 0.717) is 12.2 Å². The molecule has 2 aromatic rings. The topological polar surface area (TPSA) is 73.0 Å². The fourth-order valence-corrected chi connectivity index (χ4v) is 1.78. The second-order valence-electron chi connectivity index (χ2n) is 4.01. The van der Waals surface area contributed by atoms with Gasteiger partial charge in [-0.3, -0.25) is 14.8 Å². The van der Waals surface area contributed by atoms with Gasteiger partial charge in [-0.15, -0.1) is 0 Å². The molecule has 0 aliphatic heterocycles. The summed E-state index contributed by atoms with van der Waals surface area (Å²) in [4.78, 5) is 10.5. The molecule has 0 atom stereocenters. The predicted octanol–water partition coefficient (Wildman–Crippen LogP) is 2.19. The fourth-order valence-electron chi connectivity index (χ4n) is 1.78. The highest BCUT2D eigenvalue weighted by Crippen LogP contribution is 2.25. The summed E-state index contributed by atoms with van der Waals surface area (Å²) in [5.41, 5.74) is 2.37. The lowest BCUT2D eigenvalue weighted by atomic mass is 10.1. The van der Waals surface area contributed by atoms with E-state index in [1.165, 1.54) is 0 Å². The van der Waals surface area contributed by atoms with Gasteiger partial charge in [0.1, 0.15) is 5.69 Å². The van der Waals surface area contributed by atoms with Crippen LogP contribution in [0.15, 0.2) is 30.5 Å². The summed E-state index contributed by atoms with van der Waals surface area (Å²) in [6.45, 7) is 2.43. The zero-order valence-corrected chi connectivity index (χ0v) is 10.3. The van der Waals surface area contributed by atoms with Crippen molar-refractivity contribution in [1.29, 1.82) is 0 Å². The normalized spacial score (nSPS) is 10.3. The van der Waals surface area contributed by atoms with Crippen molar-refractivity contribution in [1.82, 2.24) is 9.78 Å². The van der Waals surface area contributed by atoms with Gasteiger partial charge >= 0.3 is 0 Å². The van der Waals surface area contributed by atoms with E-state index >= 15 is 0 Å². The number of nitro groups is 1. The standard InChI is InChI=1S/C12H14N4O2/c1-9-5-6-15(14-9)8-10-3-4-11(13-2)12(7-10)16(17)18/h3-7,13H,8H2,1-2H3. The molecule has 0 unspecified atom stereocenters. The maximum Gasteiger partial charge on any atom is 0.292 e. The van der Waals surface area contributed by atoms with E-state index in [-0.39, 0.29) is 10.6 Å². The van der Waals surface area contributed by atoms with Crippen molar-refractivity contribution in [2.24, 2.45) is 0 Å². The fraction of sp³-hybridized carbons (Fsp3) is 0.250. The number of aromatic nitrogens is 2. The lowest BCUT2D eigenvalue weighted by Crippen LogP contribution is -2.03. The Kier molecular flexibility index (Phi) is 3.27. The minimum atomic E-state index is -0.385. The summed E-state index contributed by atoms with van der Waals surface area (Å²) in [5, 5.41) is 18.0. The molecule has 1 N–H and O–H groups in total. The Morgan fingerprint density at radius 2 is 2.22 bits per heavy atom. The van der Waals surface area contributed by atoms with Gasteiger partial charge in [-0.2, -0.15) is 5.10 Å². The number of hydrogen-bond donors (Lipinski definition) is 1. The van der Waals surface area contributed by atoms with Crippen LogP contribution in [0.4, 0.5) is 11.4 Å². The molecule has 0 spiro atoms. The maximum atomic E-state index is 10.9. The van der Waals surface area contributed by atoms with Crippen molar-refractivity contribution >= 4 is 11.4 Å². The highest BCUT2D eigenvalue weighted by molar-refractivity contribution is 5.62. The summed E-state index contributed by atoms with van der Waals surface area (Å²) in [6.07, 6.45) is 1.85. The van der Waals surface area contributed by atoms with Crippen molar-refractivity contribution in [2.45, 2.75) is 13.5 Å². The van der Waals surface area contributed by atoms with E-state index in [1.807, 2.05) is 25.3 Å². The van der Waals surface area contributed by atoms with E-state index in [4.69, 9.17) is 0 Å². The van der Waals surface area contributed by atoms with Crippen LogP contribution < -0.4 is 5.32 Å². The molecule has 6 heteroatoms. The smallest absolute Gasteiger partial charge is 0.292 e. The molecule has 1 aromatic carbocycles. The zero-order valence-electron chi connectivity index (χ0n) is 10.3. The number of nitrogens with zero attached hydrogens (tertiary/aromatic N) is 3. The molecule has 1 aromatic heterocycles. The lowest BCUT2D eigenvalue weighted by Gasteiger charge is -2.05. The zero-order chi connectivity index (χ0) is 13.1. The molecule has 0 saturated carbocycles. The molecule has 0 aliphatic rings. The molecule has 2 rings (SSSR count). The molecule has 0 amide bonds. The van der Waals surface area contributed by atoms with Gasteiger partial charge in [0.2, 0.25) is 0 Å². The Morgan fingerprint density at radius 3 is 2.78 bits per heavy atom. The monoisotopic (exact) mass is 246 g/mol. The second kappa shape index (κ2) is 4.87. The number of rotatable bonds is 4. The third-order valence-corrected chi connectivity index (χ3v) is 2.65. The Morgan fingerprint density at radius 1 is 1.44 bits per heavy atom. The third kappa shape index (κ3) is 2.48. The molecule has 0 aliphatic carbocycles. The SMILES string of the molecule is CNc1ccc(Cn2ccc(C)n2)cc1[N+](=O)[O-]. The summed E-state index contributed by atoms with van der Waals surface area (Å²) in [5.74, 6) is 0. The molecule has 1 heterocycles. The van der Waals surface area contributed by atoms with Crippen LogP contribution in [0.3, 0.4) is 0 Å². The molecule has 0 saturated heterocycles. The number of aryl methyl sites for hydroxylation is 1. The molecule has 94 valence electrons. The lowest BCUT2D eigenvalue weighted by molar-refractivity contribution is -0.384. The number of hydrogen-bond acceptors (Lipinski definition) is 4. The molecule has 0 radical (unpaired) electrons. The number of benzene rings is 1. The van der Waals surface area contributed by atoms with E-state index in [0.717, 1.165) is 11.3 Å².